The molecule has 0 amide bonds. The number of nitrogens with zero attached hydrogens (tertiary/aromatic N) is 2. The number of aliphatic hydroxyl groups is 1. The average Bonchev–Trinajstić information content (AvgIpc) is 2.59. The third-order valence-corrected chi connectivity index (χ3v) is 8.10. The lowest BCUT2D eigenvalue weighted by atomic mass is 9.58. The van der Waals surface area contributed by atoms with E-state index in [1.807, 2.05) is 0 Å². The van der Waals surface area contributed by atoms with Crippen LogP contribution in [0.15, 0.2) is 0 Å². The van der Waals surface area contributed by atoms with Gasteiger partial charge in [-0.2, -0.15) is 17.0 Å². The maximum atomic E-state index is 12.8. The summed E-state index contributed by atoms with van der Waals surface area (Å²) in [5.41, 5.74) is -0.246. The van der Waals surface area contributed by atoms with Crippen molar-refractivity contribution >= 4 is 10.2 Å². The van der Waals surface area contributed by atoms with Gasteiger partial charge in [-0.05, 0) is 25.7 Å². The standard InChI is InChI=1S/C15H28N2O5S/c1-21-12-3-7-16(8-4-12)23(19,20)17-9-5-15(6-10-17)13(18)11-14(15)22-2/h12-14,18H,3-11H2,1-2H3/t13-,14+/m1/s1. The zero-order valence-electron chi connectivity index (χ0n) is 14.0. The van der Waals surface area contributed by atoms with Crippen molar-refractivity contribution in [1.29, 1.82) is 0 Å². The quantitative estimate of drug-likeness (QED) is 0.785. The molecule has 2 heterocycles. The lowest BCUT2D eigenvalue weighted by Gasteiger charge is -2.56. The molecule has 3 rings (SSSR count). The summed E-state index contributed by atoms with van der Waals surface area (Å²) in [6.07, 6.45) is 3.35. The predicted molar refractivity (Wildman–Crippen MR) is 85.2 cm³/mol. The highest BCUT2D eigenvalue weighted by Crippen LogP contribution is 2.51. The molecule has 134 valence electrons. The van der Waals surface area contributed by atoms with Crippen LogP contribution in [-0.2, 0) is 19.7 Å². The van der Waals surface area contributed by atoms with Gasteiger partial charge in [0, 0.05) is 52.2 Å². The summed E-state index contributed by atoms with van der Waals surface area (Å²) in [5.74, 6) is 0. The van der Waals surface area contributed by atoms with Gasteiger partial charge in [-0.3, -0.25) is 0 Å². The summed E-state index contributed by atoms with van der Waals surface area (Å²) in [4.78, 5) is 0. The maximum absolute atomic E-state index is 12.8. The summed E-state index contributed by atoms with van der Waals surface area (Å²) in [7, 11) is -0.0604. The van der Waals surface area contributed by atoms with E-state index < -0.39 is 10.2 Å². The van der Waals surface area contributed by atoms with Crippen LogP contribution in [0.2, 0.25) is 0 Å². The molecule has 3 aliphatic rings. The van der Waals surface area contributed by atoms with Gasteiger partial charge in [-0.15, -0.1) is 0 Å². The fourth-order valence-electron chi connectivity index (χ4n) is 4.31. The number of hydrogen-bond acceptors (Lipinski definition) is 5. The van der Waals surface area contributed by atoms with Gasteiger partial charge in [0.1, 0.15) is 0 Å². The molecule has 2 aliphatic heterocycles. The van der Waals surface area contributed by atoms with Crippen LogP contribution < -0.4 is 0 Å². The Kier molecular flexibility index (Phi) is 5.02. The van der Waals surface area contributed by atoms with Crippen molar-refractivity contribution in [2.24, 2.45) is 5.41 Å². The Morgan fingerprint density at radius 2 is 1.57 bits per heavy atom. The molecule has 23 heavy (non-hydrogen) atoms. The molecular weight excluding hydrogens is 320 g/mol. The molecule has 1 spiro atoms. The van der Waals surface area contributed by atoms with Crippen LogP contribution in [0.5, 0.6) is 0 Å². The van der Waals surface area contributed by atoms with E-state index in [1.54, 1.807) is 22.8 Å². The summed E-state index contributed by atoms with van der Waals surface area (Å²) in [6, 6.07) is 0. The molecule has 0 aromatic heterocycles. The fourth-order valence-corrected chi connectivity index (χ4v) is 5.95. The Hall–Kier alpha value is -0.250. The molecule has 1 N–H and O–H groups in total. The van der Waals surface area contributed by atoms with Gasteiger partial charge in [0.15, 0.2) is 0 Å². The van der Waals surface area contributed by atoms with Crippen molar-refractivity contribution in [2.75, 3.05) is 40.4 Å². The van der Waals surface area contributed by atoms with Crippen molar-refractivity contribution in [1.82, 2.24) is 8.61 Å². The molecule has 7 nitrogen and oxygen atoms in total. The first-order chi connectivity index (χ1) is 10.9. The van der Waals surface area contributed by atoms with Crippen LogP contribution in [0.1, 0.15) is 32.1 Å². The Balaban J connectivity index is 1.61. The zero-order valence-corrected chi connectivity index (χ0v) is 14.8. The van der Waals surface area contributed by atoms with Gasteiger partial charge in [0.25, 0.3) is 10.2 Å². The SMILES string of the molecule is COC1CCN(S(=O)(=O)N2CCC3(CC2)[C@H](O)C[C@@H]3OC)CC1. The summed E-state index contributed by atoms with van der Waals surface area (Å²) in [6.45, 7) is 1.96. The lowest BCUT2D eigenvalue weighted by Crippen LogP contribution is -2.63. The van der Waals surface area contributed by atoms with E-state index in [1.165, 1.54) is 0 Å². The smallest absolute Gasteiger partial charge is 0.281 e. The number of piperidine rings is 2. The second-order valence-corrected chi connectivity index (χ2v) is 8.88. The highest BCUT2D eigenvalue weighted by Gasteiger charge is 2.56. The van der Waals surface area contributed by atoms with E-state index in [4.69, 9.17) is 9.47 Å². The Labute approximate surface area is 138 Å². The van der Waals surface area contributed by atoms with Crippen molar-refractivity contribution in [3.05, 3.63) is 0 Å². The topological polar surface area (TPSA) is 79.3 Å². The molecule has 1 aliphatic carbocycles. The molecule has 0 unspecified atom stereocenters. The van der Waals surface area contributed by atoms with E-state index in [0.29, 0.717) is 45.4 Å². The molecule has 2 saturated heterocycles. The average molecular weight is 348 g/mol. The van der Waals surface area contributed by atoms with Crippen LogP contribution in [0.3, 0.4) is 0 Å². The van der Waals surface area contributed by atoms with Gasteiger partial charge >= 0.3 is 0 Å². The minimum Gasteiger partial charge on any atom is -0.392 e. The Morgan fingerprint density at radius 3 is 2.04 bits per heavy atom. The Bertz CT molecular complexity index is 510. The number of rotatable bonds is 4. The molecule has 0 bridgehead atoms. The molecule has 0 aromatic carbocycles. The van der Waals surface area contributed by atoms with E-state index in [9.17, 15) is 13.5 Å². The van der Waals surface area contributed by atoms with Gasteiger partial charge in [-0.1, -0.05) is 0 Å². The van der Waals surface area contributed by atoms with Crippen LogP contribution in [0.4, 0.5) is 0 Å². The van der Waals surface area contributed by atoms with E-state index in [2.05, 4.69) is 0 Å². The van der Waals surface area contributed by atoms with Crippen LogP contribution in [0.25, 0.3) is 0 Å². The highest BCUT2D eigenvalue weighted by molar-refractivity contribution is 7.86. The largest absolute Gasteiger partial charge is 0.392 e. The minimum atomic E-state index is -3.40. The zero-order chi connectivity index (χ0) is 16.7. The fraction of sp³-hybridized carbons (Fsp3) is 1.00. The first kappa shape index (κ1) is 17.6. The first-order valence-electron chi connectivity index (χ1n) is 8.43. The Morgan fingerprint density at radius 1 is 1.00 bits per heavy atom. The summed E-state index contributed by atoms with van der Waals surface area (Å²) >= 11 is 0. The molecule has 0 aromatic rings. The first-order valence-corrected chi connectivity index (χ1v) is 9.82. The van der Waals surface area contributed by atoms with Gasteiger partial charge in [0.05, 0.1) is 18.3 Å². The maximum Gasteiger partial charge on any atom is 0.281 e. The van der Waals surface area contributed by atoms with Gasteiger partial charge in [0.2, 0.25) is 0 Å². The second kappa shape index (κ2) is 6.57. The molecule has 0 radical (unpaired) electrons. The van der Waals surface area contributed by atoms with Crippen molar-refractivity contribution in [2.45, 2.75) is 50.4 Å². The predicted octanol–water partition coefficient (Wildman–Crippen LogP) is 0.204. The van der Waals surface area contributed by atoms with Crippen molar-refractivity contribution in [3.8, 4) is 0 Å². The molecule has 1 saturated carbocycles. The van der Waals surface area contributed by atoms with Crippen molar-refractivity contribution in [3.63, 3.8) is 0 Å². The third kappa shape index (κ3) is 2.94. The number of ether oxygens (including phenoxy) is 2. The minimum absolute atomic E-state index is 0.0554. The van der Waals surface area contributed by atoms with Crippen LogP contribution in [-0.4, -0.2) is 80.8 Å². The lowest BCUT2D eigenvalue weighted by molar-refractivity contribution is -0.197. The monoisotopic (exact) mass is 348 g/mol. The summed E-state index contributed by atoms with van der Waals surface area (Å²) < 4.78 is 39.5. The molecule has 3 fully saturated rings. The molecular formula is C15H28N2O5S. The normalized spacial score (nSPS) is 33.7. The summed E-state index contributed by atoms with van der Waals surface area (Å²) in [5, 5.41) is 10.1. The molecule has 2 atom stereocenters. The van der Waals surface area contributed by atoms with Crippen molar-refractivity contribution < 1.29 is 23.0 Å². The molecule has 8 heteroatoms. The van der Waals surface area contributed by atoms with Gasteiger partial charge in [-0.25, -0.2) is 0 Å². The van der Waals surface area contributed by atoms with Crippen LogP contribution >= 0.6 is 0 Å². The number of methoxy groups -OCH3 is 2. The number of hydrogen-bond donors (Lipinski definition) is 1. The highest BCUT2D eigenvalue weighted by atomic mass is 32.2. The van der Waals surface area contributed by atoms with Gasteiger partial charge < -0.3 is 14.6 Å². The van der Waals surface area contributed by atoms with E-state index >= 15 is 0 Å². The van der Waals surface area contributed by atoms with E-state index in [-0.39, 0.29) is 23.7 Å². The van der Waals surface area contributed by atoms with Crippen LogP contribution in [0, 0.1) is 5.41 Å². The second-order valence-electron chi connectivity index (χ2n) is 6.95. The van der Waals surface area contributed by atoms with E-state index in [0.717, 1.165) is 12.8 Å². The third-order valence-electron chi connectivity index (χ3n) is 6.07. The number of aliphatic hydroxyl groups excluding tert-OH is 1.